The summed E-state index contributed by atoms with van der Waals surface area (Å²) in [5.41, 5.74) is 6.03. The van der Waals surface area contributed by atoms with Gasteiger partial charge in [0.05, 0.1) is 6.54 Å². The van der Waals surface area contributed by atoms with Gasteiger partial charge in [-0.2, -0.15) is 0 Å². The van der Waals surface area contributed by atoms with Crippen molar-refractivity contribution in [1.82, 2.24) is 10.2 Å². The highest BCUT2D eigenvalue weighted by Gasteiger charge is 2.29. The highest BCUT2D eigenvalue weighted by Crippen LogP contribution is 2.28. The number of aliphatic imine (C=N–C) groups is 1. The first-order chi connectivity index (χ1) is 9.66. The largest absolute Gasteiger partial charge is 0.370 e. The molecule has 2 saturated carbocycles. The molecule has 3 N–H and O–H groups in total. The van der Waals surface area contributed by atoms with Gasteiger partial charge in [0.25, 0.3) is 0 Å². The van der Waals surface area contributed by atoms with E-state index in [1.54, 1.807) is 0 Å². The average Bonchev–Trinajstić information content (AvgIpc) is 3.21. The zero-order chi connectivity index (χ0) is 14.4. The van der Waals surface area contributed by atoms with E-state index in [2.05, 4.69) is 29.1 Å². The van der Waals surface area contributed by atoms with Crippen molar-refractivity contribution in [1.29, 1.82) is 0 Å². The molecule has 0 aromatic heterocycles. The number of nitrogens with zero attached hydrogens (tertiary/aromatic N) is 2. The third-order valence-corrected chi connectivity index (χ3v) is 4.53. The molecule has 0 saturated heterocycles. The van der Waals surface area contributed by atoms with Crippen molar-refractivity contribution in [2.24, 2.45) is 10.7 Å². The molecule has 0 aromatic rings. The minimum atomic E-state index is 0. The lowest BCUT2D eigenvalue weighted by molar-refractivity contribution is 0.218. The third-order valence-electron chi connectivity index (χ3n) is 4.53. The summed E-state index contributed by atoms with van der Waals surface area (Å²) < 4.78 is 0. The molecule has 4 nitrogen and oxygen atoms in total. The van der Waals surface area contributed by atoms with Crippen molar-refractivity contribution in [2.75, 3.05) is 13.1 Å². The molecule has 2 aliphatic carbocycles. The molecule has 0 atom stereocenters. The zero-order valence-corrected chi connectivity index (χ0v) is 16.0. The highest BCUT2D eigenvalue weighted by molar-refractivity contribution is 14.0. The number of hydrogen-bond acceptors (Lipinski definition) is 2. The molecule has 2 fully saturated rings. The van der Waals surface area contributed by atoms with Crippen LogP contribution in [0.25, 0.3) is 0 Å². The zero-order valence-electron chi connectivity index (χ0n) is 13.7. The fourth-order valence-corrected chi connectivity index (χ4v) is 3.23. The Bertz CT molecular complexity index is 305. The van der Waals surface area contributed by atoms with Crippen molar-refractivity contribution in [3.05, 3.63) is 0 Å². The van der Waals surface area contributed by atoms with Crippen molar-refractivity contribution in [3.8, 4) is 0 Å². The first-order valence-electron chi connectivity index (χ1n) is 8.49. The van der Waals surface area contributed by atoms with Crippen molar-refractivity contribution >= 4 is 29.9 Å². The van der Waals surface area contributed by atoms with E-state index in [1.807, 2.05) is 0 Å². The maximum atomic E-state index is 6.03. The van der Waals surface area contributed by atoms with Crippen LogP contribution in [-0.4, -0.2) is 42.1 Å². The number of guanidine groups is 1. The number of halogens is 1. The molecule has 0 unspecified atom stereocenters. The quantitative estimate of drug-likeness (QED) is 0.307. The smallest absolute Gasteiger partial charge is 0.188 e. The number of rotatable bonds is 6. The van der Waals surface area contributed by atoms with Gasteiger partial charge in [-0.15, -0.1) is 24.0 Å². The SMILES string of the molecule is CC(C)N(CCN=C(N)NC1CCCCCC1)C1CC1.I. The van der Waals surface area contributed by atoms with E-state index in [0.29, 0.717) is 18.0 Å². The lowest BCUT2D eigenvalue weighted by Gasteiger charge is -2.25. The highest BCUT2D eigenvalue weighted by atomic mass is 127. The minimum Gasteiger partial charge on any atom is -0.370 e. The molecule has 0 aromatic carbocycles. The summed E-state index contributed by atoms with van der Waals surface area (Å²) in [7, 11) is 0. The van der Waals surface area contributed by atoms with Gasteiger partial charge in [-0.1, -0.05) is 25.7 Å². The van der Waals surface area contributed by atoms with Crippen LogP contribution in [0, 0.1) is 0 Å². The molecule has 0 spiro atoms. The predicted molar refractivity (Wildman–Crippen MR) is 101 cm³/mol. The Balaban J connectivity index is 0.00000220. The Kier molecular flexibility index (Phi) is 8.94. The van der Waals surface area contributed by atoms with Gasteiger partial charge in [0.15, 0.2) is 5.96 Å². The van der Waals surface area contributed by atoms with Gasteiger partial charge < -0.3 is 11.1 Å². The molecule has 0 heterocycles. The van der Waals surface area contributed by atoms with Gasteiger partial charge in [0.2, 0.25) is 0 Å². The summed E-state index contributed by atoms with van der Waals surface area (Å²) in [4.78, 5) is 7.08. The molecular weight excluding hydrogens is 375 g/mol. The summed E-state index contributed by atoms with van der Waals surface area (Å²) in [5, 5.41) is 3.42. The Labute approximate surface area is 147 Å². The maximum absolute atomic E-state index is 6.03. The predicted octanol–water partition coefficient (Wildman–Crippen LogP) is 3.10. The van der Waals surface area contributed by atoms with E-state index >= 15 is 0 Å². The van der Waals surface area contributed by atoms with Gasteiger partial charge in [-0.3, -0.25) is 9.89 Å². The fraction of sp³-hybridized carbons (Fsp3) is 0.938. The van der Waals surface area contributed by atoms with Crippen LogP contribution in [0.1, 0.15) is 65.2 Å². The van der Waals surface area contributed by atoms with Crippen molar-refractivity contribution in [2.45, 2.75) is 83.3 Å². The Morgan fingerprint density at radius 1 is 1.14 bits per heavy atom. The standard InChI is InChI=1S/C16H32N4.HI/c1-13(2)20(15-9-10-15)12-11-18-16(17)19-14-7-5-3-4-6-8-14;/h13-15H,3-12H2,1-2H3,(H3,17,18,19);1H. The van der Waals surface area contributed by atoms with Crippen LogP contribution in [-0.2, 0) is 0 Å². The van der Waals surface area contributed by atoms with Crippen LogP contribution in [0.5, 0.6) is 0 Å². The van der Waals surface area contributed by atoms with E-state index in [4.69, 9.17) is 5.73 Å². The number of nitrogens with one attached hydrogen (secondary N) is 1. The van der Waals surface area contributed by atoms with Crippen LogP contribution in [0.15, 0.2) is 4.99 Å². The van der Waals surface area contributed by atoms with Gasteiger partial charge in [-0.25, -0.2) is 0 Å². The summed E-state index contributed by atoms with van der Waals surface area (Å²) in [6.45, 7) is 6.40. The first kappa shape index (κ1) is 19.0. The van der Waals surface area contributed by atoms with Crippen LogP contribution >= 0.6 is 24.0 Å². The summed E-state index contributed by atoms with van der Waals surface area (Å²) >= 11 is 0. The molecule has 2 rings (SSSR count). The molecule has 5 heteroatoms. The molecular formula is C16H33IN4. The number of nitrogens with two attached hydrogens (primary N) is 1. The summed E-state index contributed by atoms with van der Waals surface area (Å²) in [5.74, 6) is 0.649. The van der Waals surface area contributed by atoms with E-state index in [0.717, 1.165) is 19.1 Å². The molecule has 0 aliphatic heterocycles. The van der Waals surface area contributed by atoms with Crippen LogP contribution in [0.2, 0.25) is 0 Å². The van der Waals surface area contributed by atoms with Crippen LogP contribution in [0.3, 0.4) is 0 Å². The molecule has 0 radical (unpaired) electrons. The average molecular weight is 408 g/mol. The Morgan fingerprint density at radius 3 is 2.29 bits per heavy atom. The van der Waals surface area contributed by atoms with E-state index in [1.165, 1.54) is 51.4 Å². The maximum Gasteiger partial charge on any atom is 0.188 e. The Hall–Kier alpha value is -0.0400. The third kappa shape index (κ3) is 7.17. The molecule has 21 heavy (non-hydrogen) atoms. The normalized spacial score (nSPS) is 21.2. The second kappa shape index (κ2) is 9.87. The van der Waals surface area contributed by atoms with E-state index in [9.17, 15) is 0 Å². The van der Waals surface area contributed by atoms with Crippen LogP contribution < -0.4 is 11.1 Å². The van der Waals surface area contributed by atoms with Crippen LogP contribution in [0.4, 0.5) is 0 Å². The second-order valence-electron chi connectivity index (χ2n) is 6.66. The van der Waals surface area contributed by atoms with Gasteiger partial charge >= 0.3 is 0 Å². The van der Waals surface area contributed by atoms with Gasteiger partial charge in [-0.05, 0) is 39.5 Å². The Morgan fingerprint density at radius 2 is 1.76 bits per heavy atom. The van der Waals surface area contributed by atoms with Crippen molar-refractivity contribution < 1.29 is 0 Å². The summed E-state index contributed by atoms with van der Waals surface area (Å²) in [6.07, 6.45) is 10.6. The molecule has 0 bridgehead atoms. The van der Waals surface area contributed by atoms with Gasteiger partial charge in [0, 0.05) is 24.7 Å². The van der Waals surface area contributed by atoms with E-state index < -0.39 is 0 Å². The topological polar surface area (TPSA) is 53.6 Å². The molecule has 124 valence electrons. The molecule has 0 amide bonds. The minimum absolute atomic E-state index is 0. The van der Waals surface area contributed by atoms with E-state index in [-0.39, 0.29) is 24.0 Å². The van der Waals surface area contributed by atoms with Crippen molar-refractivity contribution in [3.63, 3.8) is 0 Å². The number of hydrogen-bond donors (Lipinski definition) is 2. The molecule has 2 aliphatic rings. The fourth-order valence-electron chi connectivity index (χ4n) is 3.23. The lowest BCUT2D eigenvalue weighted by Crippen LogP contribution is -2.41. The lowest BCUT2D eigenvalue weighted by atomic mass is 10.1. The second-order valence-corrected chi connectivity index (χ2v) is 6.66. The monoisotopic (exact) mass is 408 g/mol. The first-order valence-corrected chi connectivity index (χ1v) is 8.49. The van der Waals surface area contributed by atoms with Gasteiger partial charge in [0.1, 0.15) is 0 Å². The summed E-state index contributed by atoms with van der Waals surface area (Å²) in [6, 6.07) is 1.97.